The van der Waals surface area contributed by atoms with Gasteiger partial charge >= 0.3 is 5.97 Å². The standard InChI is InChI=1S/C13H19BrN2O2/c1-3-9(2)16-6-7-18-13(17)11-5-4-10(15)8-12(11)14/h4-5,8-9,16H,3,6-7,15H2,1-2H3. The largest absolute Gasteiger partial charge is 0.461 e. The summed E-state index contributed by atoms with van der Waals surface area (Å²) in [6.07, 6.45) is 1.05. The summed E-state index contributed by atoms with van der Waals surface area (Å²) in [4.78, 5) is 11.8. The van der Waals surface area contributed by atoms with Crippen LogP contribution in [0.2, 0.25) is 0 Å². The Kier molecular flexibility index (Phi) is 6.15. The molecular formula is C13H19BrN2O2. The maximum atomic E-state index is 11.8. The van der Waals surface area contributed by atoms with Gasteiger partial charge in [0.1, 0.15) is 6.61 Å². The number of carbonyl (C=O) groups is 1. The molecule has 0 aromatic heterocycles. The van der Waals surface area contributed by atoms with Gasteiger partial charge in [0.2, 0.25) is 0 Å². The molecule has 3 N–H and O–H groups in total. The van der Waals surface area contributed by atoms with E-state index < -0.39 is 0 Å². The van der Waals surface area contributed by atoms with E-state index in [1.54, 1.807) is 18.2 Å². The van der Waals surface area contributed by atoms with Crippen LogP contribution in [0.5, 0.6) is 0 Å². The summed E-state index contributed by atoms with van der Waals surface area (Å²) in [5, 5.41) is 3.25. The molecule has 0 saturated heterocycles. The van der Waals surface area contributed by atoms with Gasteiger partial charge in [0.05, 0.1) is 5.56 Å². The third-order valence-corrected chi connectivity index (χ3v) is 3.31. The first kappa shape index (κ1) is 15.0. The number of anilines is 1. The second-order valence-electron chi connectivity index (χ2n) is 4.14. The van der Waals surface area contributed by atoms with Crippen molar-refractivity contribution in [1.82, 2.24) is 5.32 Å². The van der Waals surface area contributed by atoms with E-state index in [1.807, 2.05) is 0 Å². The molecule has 4 nitrogen and oxygen atoms in total. The normalized spacial score (nSPS) is 12.2. The zero-order valence-corrected chi connectivity index (χ0v) is 12.3. The summed E-state index contributed by atoms with van der Waals surface area (Å²) in [7, 11) is 0. The van der Waals surface area contributed by atoms with E-state index in [1.165, 1.54) is 0 Å². The molecule has 1 rings (SSSR count). The van der Waals surface area contributed by atoms with Gasteiger partial charge in [-0.2, -0.15) is 0 Å². The Labute approximate surface area is 116 Å². The minimum absolute atomic E-state index is 0.340. The molecule has 0 spiro atoms. The summed E-state index contributed by atoms with van der Waals surface area (Å²) >= 11 is 3.29. The van der Waals surface area contributed by atoms with E-state index in [0.717, 1.165) is 6.42 Å². The monoisotopic (exact) mass is 314 g/mol. The molecule has 0 amide bonds. The fraction of sp³-hybridized carbons (Fsp3) is 0.462. The molecule has 18 heavy (non-hydrogen) atoms. The average molecular weight is 315 g/mol. The maximum Gasteiger partial charge on any atom is 0.339 e. The molecule has 1 aromatic carbocycles. The molecule has 100 valence electrons. The predicted octanol–water partition coefficient (Wildman–Crippen LogP) is 2.58. The highest BCUT2D eigenvalue weighted by Gasteiger charge is 2.11. The van der Waals surface area contributed by atoms with E-state index in [4.69, 9.17) is 10.5 Å². The number of nitrogens with one attached hydrogen (secondary N) is 1. The Bertz CT molecular complexity index is 410. The molecule has 0 radical (unpaired) electrons. The van der Waals surface area contributed by atoms with Crippen molar-refractivity contribution in [3.63, 3.8) is 0 Å². The number of rotatable bonds is 6. The first-order valence-corrected chi connectivity index (χ1v) is 6.79. The first-order valence-electron chi connectivity index (χ1n) is 6.00. The van der Waals surface area contributed by atoms with Crippen LogP contribution in [-0.4, -0.2) is 25.2 Å². The van der Waals surface area contributed by atoms with Gasteiger partial charge in [-0.25, -0.2) is 4.79 Å². The highest BCUT2D eigenvalue weighted by molar-refractivity contribution is 9.10. The molecular weight excluding hydrogens is 296 g/mol. The topological polar surface area (TPSA) is 64.3 Å². The summed E-state index contributed by atoms with van der Waals surface area (Å²) < 4.78 is 5.83. The highest BCUT2D eigenvalue weighted by Crippen LogP contribution is 2.20. The molecule has 5 heteroatoms. The van der Waals surface area contributed by atoms with E-state index >= 15 is 0 Å². The van der Waals surface area contributed by atoms with Crippen LogP contribution in [0.3, 0.4) is 0 Å². The Balaban J connectivity index is 2.41. The average Bonchev–Trinajstić information content (AvgIpc) is 2.34. The van der Waals surface area contributed by atoms with E-state index in [9.17, 15) is 4.79 Å². The first-order chi connectivity index (χ1) is 8.54. The minimum atomic E-state index is -0.340. The molecule has 0 aliphatic rings. The molecule has 0 saturated carbocycles. The quantitative estimate of drug-likeness (QED) is 0.481. The summed E-state index contributed by atoms with van der Waals surface area (Å²) in [6.45, 7) is 5.22. The van der Waals surface area contributed by atoms with Crippen molar-refractivity contribution in [3.8, 4) is 0 Å². The van der Waals surface area contributed by atoms with Gasteiger partial charge in [0.15, 0.2) is 0 Å². The second kappa shape index (κ2) is 7.38. The van der Waals surface area contributed by atoms with Gasteiger partial charge in [0.25, 0.3) is 0 Å². The molecule has 0 bridgehead atoms. The number of nitrogen functional groups attached to an aromatic ring is 1. The van der Waals surface area contributed by atoms with Crippen molar-refractivity contribution in [3.05, 3.63) is 28.2 Å². The smallest absolute Gasteiger partial charge is 0.339 e. The van der Waals surface area contributed by atoms with Crippen molar-refractivity contribution in [2.24, 2.45) is 0 Å². The van der Waals surface area contributed by atoms with Gasteiger partial charge in [-0.3, -0.25) is 0 Å². The van der Waals surface area contributed by atoms with Crippen LogP contribution >= 0.6 is 15.9 Å². The van der Waals surface area contributed by atoms with Crippen molar-refractivity contribution in [2.45, 2.75) is 26.3 Å². The van der Waals surface area contributed by atoms with Gasteiger partial charge in [0, 0.05) is 22.7 Å². The number of esters is 1. The summed E-state index contributed by atoms with van der Waals surface area (Å²) in [5.74, 6) is -0.340. The van der Waals surface area contributed by atoms with Crippen LogP contribution in [0.4, 0.5) is 5.69 Å². The van der Waals surface area contributed by atoms with Crippen LogP contribution in [0.15, 0.2) is 22.7 Å². The molecule has 1 aromatic rings. The number of nitrogens with two attached hydrogens (primary N) is 1. The lowest BCUT2D eigenvalue weighted by Gasteiger charge is -2.11. The zero-order chi connectivity index (χ0) is 13.5. The molecule has 1 unspecified atom stereocenters. The molecule has 0 aliphatic carbocycles. The lowest BCUT2D eigenvalue weighted by atomic mass is 10.2. The number of halogens is 1. The zero-order valence-electron chi connectivity index (χ0n) is 10.7. The Morgan fingerprint density at radius 2 is 2.28 bits per heavy atom. The third-order valence-electron chi connectivity index (χ3n) is 2.65. The van der Waals surface area contributed by atoms with Crippen molar-refractivity contribution in [2.75, 3.05) is 18.9 Å². The number of hydrogen-bond acceptors (Lipinski definition) is 4. The Hall–Kier alpha value is -1.07. The second-order valence-corrected chi connectivity index (χ2v) is 4.99. The number of hydrogen-bond donors (Lipinski definition) is 2. The fourth-order valence-electron chi connectivity index (χ4n) is 1.37. The number of benzene rings is 1. The Morgan fingerprint density at radius 1 is 1.56 bits per heavy atom. The molecule has 1 atom stereocenters. The van der Waals surface area contributed by atoms with Crippen LogP contribution in [0.1, 0.15) is 30.6 Å². The van der Waals surface area contributed by atoms with Crippen LogP contribution < -0.4 is 11.1 Å². The van der Waals surface area contributed by atoms with E-state index in [-0.39, 0.29) is 5.97 Å². The SMILES string of the molecule is CCC(C)NCCOC(=O)c1ccc(N)cc1Br. The summed E-state index contributed by atoms with van der Waals surface area (Å²) in [5.41, 5.74) is 6.71. The molecule has 0 aliphatic heterocycles. The maximum absolute atomic E-state index is 11.8. The van der Waals surface area contributed by atoms with Crippen LogP contribution in [0, 0.1) is 0 Å². The Morgan fingerprint density at radius 3 is 2.89 bits per heavy atom. The van der Waals surface area contributed by atoms with Gasteiger partial charge < -0.3 is 15.8 Å². The molecule has 0 heterocycles. The summed E-state index contributed by atoms with van der Waals surface area (Å²) in [6, 6.07) is 5.46. The lowest BCUT2D eigenvalue weighted by Crippen LogP contribution is -2.29. The van der Waals surface area contributed by atoms with E-state index in [2.05, 4.69) is 35.1 Å². The van der Waals surface area contributed by atoms with Gasteiger partial charge in [-0.15, -0.1) is 0 Å². The van der Waals surface area contributed by atoms with Gasteiger partial charge in [-0.1, -0.05) is 6.92 Å². The van der Waals surface area contributed by atoms with Crippen molar-refractivity contribution < 1.29 is 9.53 Å². The highest BCUT2D eigenvalue weighted by atomic mass is 79.9. The third kappa shape index (κ3) is 4.66. The number of ether oxygens (including phenoxy) is 1. The van der Waals surface area contributed by atoms with Crippen LogP contribution in [0.25, 0.3) is 0 Å². The molecule has 0 fully saturated rings. The van der Waals surface area contributed by atoms with E-state index in [0.29, 0.717) is 34.9 Å². The fourth-order valence-corrected chi connectivity index (χ4v) is 1.93. The minimum Gasteiger partial charge on any atom is -0.461 e. The predicted molar refractivity (Wildman–Crippen MR) is 76.6 cm³/mol. The van der Waals surface area contributed by atoms with Gasteiger partial charge in [-0.05, 0) is 47.5 Å². The van der Waals surface area contributed by atoms with Crippen molar-refractivity contribution >= 4 is 27.6 Å². The van der Waals surface area contributed by atoms with Crippen molar-refractivity contribution in [1.29, 1.82) is 0 Å². The van der Waals surface area contributed by atoms with Crippen LogP contribution in [-0.2, 0) is 4.74 Å². The lowest BCUT2D eigenvalue weighted by molar-refractivity contribution is 0.0505. The number of carbonyl (C=O) groups excluding carboxylic acids is 1.